The van der Waals surface area contributed by atoms with Gasteiger partial charge in [0.2, 0.25) is 5.75 Å². The Labute approximate surface area is 215 Å². The van der Waals surface area contributed by atoms with Crippen LogP contribution in [0.5, 0.6) is 17.2 Å². The van der Waals surface area contributed by atoms with Crippen molar-refractivity contribution in [3.05, 3.63) is 40.2 Å². The summed E-state index contributed by atoms with van der Waals surface area (Å²) in [5.41, 5.74) is 2.21. The molecule has 1 aromatic rings. The fourth-order valence-electron chi connectivity index (χ4n) is 4.78. The number of thioether (sulfide) groups is 1. The second kappa shape index (κ2) is 11.7. The van der Waals surface area contributed by atoms with Gasteiger partial charge in [-0.25, -0.2) is 4.79 Å². The Morgan fingerprint density at radius 1 is 1.17 bits per heavy atom. The highest BCUT2D eigenvalue weighted by atomic mass is 32.2. The molecule has 0 bridgehead atoms. The minimum absolute atomic E-state index is 0.121. The van der Waals surface area contributed by atoms with Crippen molar-refractivity contribution >= 4 is 29.5 Å². The van der Waals surface area contributed by atoms with Gasteiger partial charge in [0.15, 0.2) is 17.3 Å². The molecule has 2 aliphatic rings. The van der Waals surface area contributed by atoms with Crippen LogP contribution < -0.4 is 14.8 Å². The van der Waals surface area contributed by atoms with Crippen molar-refractivity contribution in [2.75, 3.05) is 39.4 Å². The Morgan fingerprint density at radius 2 is 1.81 bits per heavy atom. The zero-order valence-corrected chi connectivity index (χ0v) is 22.2. The molecule has 3 atom stereocenters. The Morgan fingerprint density at radius 3 is 2.36 bits per heavy atom. The van der Waals surface area contributed by atoms with E-state index in [1.54, 1.807) is 30.8 Å². The average molecular weight is 520 g/mol. The number of aromatic hydroxyl groups is 1. The maximum Gasteiger partial charge on any atom is 0.336 e. The van der Waals surface area contributed by atoms with Gasteiger partial charge in [-0.15, -0.1) is 0 Å². The van der Waals surface area contributed by atoms with E-state index >= 15 is 0 Å². The summed E-state index contributed by atoms with van der Waals surface area (Å²) in [6.07, 6.45) is 0.413. The number of phenolic OH excluding ortho intramolecular Hbond substituents is 1. The zero-order chi connectivity index (χ0) is 26.6. The lowest BCUT2D eigenvalue weighted by Gasteiger charge is -2.38. The van der Waals surface area contributed by atoms with Crippen molar-refractivity contribution in [3.63, 3.8) is 0 Å². The molecule has 0 saturated heterocycles. The van der Waals surface area contributed by atoms with Crippen molar-refractivity contribution in [1.29, 1.82) is 0 Å². The molecule has 0 saturated carbocycles. The van der Waals surface area contributed by atoms with E-state index < -0.39 is 29.6 Å². The third-order valence-corrected chi connectivity index (χ3v) is 7.33. The molecule has 1 aliphatic heterocycles. The minimum Gasteiger partial charge on any atom is -0.502 e. The summed E-state index contributed by atoms with van der Waals surface area (Å²) in [7, 11) is 4.04. The van der Waals surface area contributed by atoms with Crippen molar-refractivity contribution in [2.24, 2.45) is 11.8 Å². The maximum absolute atomic E-state index is 13.8. The number of ether oxygens (including phenoxy) is 4. The molecule has 1 aliphatic carbocycles. The lowest BCUT2D eigenvalue weighted by atomic mass is 9.69. The number of allylic oxidation sites excluding steroid dienone is 3. The molecular formula is C26H33NO8S. The van der Waals surface area contributed by atoms with E-state index in [9.17, 15) is 19.5 Å². The quantitative estimate of drug-likeness (QED) is 0.286. The largest absolute Gasteiger partial charge is 0.502 e. The van der Waals surface area contributed by atoms with Gasteiger partial charge >= 0.3 is 11.9 Å². The lowest BCUT2D eigenvalue weighted by Crippen LogP contribution is -2.43. The van der Waals surface area contributed by atoms with Crippen LogP contribution in [0, 0.1) is 11.8 Å². The molecule has 36 heavy (non-hydrogen) atoms. The maximum atomic E-state index is 13.8. The molecular weight excluding hydrogens is 486 g/mol. The molecule has 3 rings (SSSR count). The molecule has 1 aromatic carbocycles. The number of hydrogen-bond acceptors (Lipinski definition) is 10. The van der Waals surface area contributed by atoms with Crippen molar-refractivity contribution < 1.29 is 38.4 Å². The number of benzene rings is 1. The van der Waals surface area contributed by atoms with Crippen molar-refractivity contribution in [3.8, 4) is 17.2 Å². The molecule has 2 N–H and O–H groups in total. The first-order valence-corrected chi connectivity index (χ1v) is 12.9. The van der Waals surface area contributed by atoms with Gasteiger partial charge in [-0.3, -0.25) is 9.59 Å². The number of methoxy groups -OCH3 is 3. The summed E-state index contributed by atoms with van der Waals surface area (Å²) in [6.45, 7) is 5.81. The average Bonchev–Trinajstić information content (AvgIpc) is 2.85. The van der Waals surface area contributed by atoms with Crippen molar-refractivity contribution in [2.45, 2.75) is 33.1 Å². The standard InChI is InChI=1S/C26H33NO8S/c1-7-36-9-8-35-26(31)20-14(3)27-16-10-13(2)19(25(30)34-6)24(29)22(16)21(20)15-11-17(32-4)23(28)18(12-15)33-5/h11-13,19,21,27-28H,7-10H2,1-6H3/t13-,19+,21-/m0/s1. The summed E-state index contributed by atoms with van der Waals surface area (Å²) < 4.78 is 21.2. The summed E-state index contributed by atoms with van der Waals surface area (Å²) in [5.74, 6) is -2.20. The minimum atomic E-state index is -1.00. The molecule has 9 nitrogen and oxygen atoms in total. The van der Waals surface area contributed by atoms with E-state index in [0.29, 0.717) is 34.7 Å². The molecule has 0 amide bonds. The Balaban J connectivity index is 2.19. The highest BCUT2D eigenvalue weighted by Crippen LogP contribution is 2.48. The van der Waals surface area contributed by atoms with Crippen LogP contribution in [0.3, 0.4) is 0 Å². The second-order valence-electron chi connectivity index (χ2n) is 8.64. The van der Waals surface area contributed by atoms with Crippen LogP contribution in [0.2, 0.25) is 0 Å². The number of rotatable bonds is 9. The summed E-state index contributed by atoms with van der Waals surface area (Å²) in [6, 6.07) is 3.12. The van der Waals surface area contributed by atoms with Gasteiger partial charge in [-0.05, 0) is 42.7 Å². The third-order valence-electron chi connectivity index (χ3n) is 6.46. The number of Topliss-reactive ketones (excluding diaryl/α,β-unsaturated/α-hetero) is 1. The first kappa shape index (κ1) is 27.4. The molecule has 0 unspecified atom stereocenters. The summed E-state index contributed by atoms with van der Waals surface area (Å²) >= 11 is 1.65. The van der Waals surface area contributed by atoms with Gasteiger partial charge in [-0.2, -0.15) is 11.8 Å². The van der Waals surface area contributed by atoms with Crippen molar-refractivity contribution in [1.82, 2.24) is 5.32 Å². The van der Waals surface area contributed by atoms with Crippen LogP contribution >= 0.6 is 11.8 Å². The molecule has 0 spiro atoms. The van der Waals surface area contributed by atoms with Crippen LogP contribution in [-0.2, 0) is 23.9 Å². The highest BCUT2D eigenvalue weighted by molar-refractivity contribution is 7.99. The third kappa shape index (κ3) is 5.18. The highest BCUT2D eigenvalue weighted by Gasteiger charge is 2.47. The van der Waals surface area contributed by atoms with Gasteiger partial charge in [0.05, 0.1) is 26.9 Å². The van der Waals surface area contributed by atoms with E-state index in [4.69, 9.17) is 18.9 Å². The second-order valence-corrected chi connectivity index (χ2v) is 10.0. The Kier molecular flexibility index (Phi) is 8.94. The number of hydrogen-bond donors (Lipinski definition) is 2. The van der Waals surface area contributed by atoms with Crippen LogP contribution in [0.25, 0.3) is 0 Å². The first-order chi connectivity index (χ1) is 17.2. The van der Waals surface area contributed by atoms with Gasteiger partial charge in [0.25, 0.3) is 0 Å². The van der Waals surface area contributed by atoms with E-state index in [1.807, 2.05) is 13.8 Å². The van der Waals surface area contributed by atoms with Crippen LogP contribution in [0.15, 0.2) is 34.7 Å². The Hall–Kier alpha value is -3.14. The molecule has 10 heteroatoms. The van der Waals surface area contributed by atoms with Gasteiger partial charge in [-0.1, -0.05) is 13.8 Å². The van der Waals surface area contributed by atoms with E-state index in [0.717, 1.165) is 5.75 Å². The number of ketones is 1. The normalized spacial score (nSPS) is 21.5. The predicted octanol–water partition coefficient (Wildman–Crippen LogP) is 3.32. The van der Waals surface area contributed by atoms with Crippen LogP contribution in [0.1, 0.15) is 38.7 Å². The fraction of sp³-hybridized carbons (Fsp3) is 0.500. The zero-order valence-electron chi connectivity index (χ0n) is 21.4. The summed E-state index contributed by atoms with van der Waals surface area (Å²) in [5, 5.41) is 13.7. The molecule has 0 radical (unpaired) electrons. The number of carbonyl (C=O) groups is 3. The number of carbonyl (C=O) groups excluding carboxylic acids is 3. The molecule has 1 heterocycles. The topological polar surface area (TPSA) is 120 Å². The predicted molar refractivity (Wildman–Crippen MR) is 135 cm³/mol. The molecule has 0 aromatic heterocycles. The number of phenols is 1. The van der Waals surface area contributed by atoms with Crippen LogP contribution in [-0.4, -0.2) is 62.3 Å². The fourth-order valence-corrected chi connectivity index (χ4v) is 5.27. The Bertz CT molecular complexity index is 1080. The number of esters is 2. The first-order valence-electron chi connectivity index (χ1n) is 11.7. The summed E-state index contributed by atoms with van der Waals surface area (Å²) in [4.78, 5) is 39.8. The monoisotopic (exact) mass is 519 g/mol. The smallest absolute Gasteiger partial charge is 0.336 e. The lowest BCUT2D eigenvalue weighted by molar-refractivity contribution is -0.151. The van der Waals surface area contributed by atoms with Gasteiger partial charge in [0, 0.05) is 28.6 Å². The van der Waals surface area contributed by atoms with E-state index in [1.165, 1.54) is 21.3 Å². The van der Waals surface area contributed by atoms with E-state index in [2.05, 4.69) is 5.32 Å². The SMILES string of the molecule is CCSCCOC(=O)C1=C(C)NC2=C(C(=O)[C@H](C(=O)OC)[C@@H](C)C2)[C@H]1c1cc(OC)c(O)c(OC)c1. The molecule has 196 valence electrons. The van der Waals surface area contributed by atoms with E-state index in [-0.39, 0.29) is 35.3 Å². The molecule has 0 fully saturated rings. The van der Waals surface area contributed by atoms with Gasteiger partial charge < -0.3 is 29.4 Å². The van der Waals surface area contributed by atoms with Gasteiger partial charge in [0.1, 0.15) is 12.5 Å². The van der Waals surface area contributed by atoms with Crippen LogP contribution in [0.4, 0.5) is 0 Å². The number of nitrogens with one attached hydrogen (secondary N) is 1. The number of dihydropyridines is 1.